The zero-order valence-corrected chi connectivity index (χ0v) is 10.3. The van der Waals surface area contributed by atoms with Crippen LogP contribution in [0.1, 0.15) is 31.7 Å². The van der Waals surface area contributed by atoms with Crippen LogP contribution in [-0.2, 0) is 4.79 Å². The summed E-state index contributed by atoms with van der Waals surface area (Å²) in [7, 11) is 0. The quantitative estimate of drug-likeness (QED) is 0.732. The maximum atomic E-state index is 11.1. The van der Waals surface area contributed by atoms with Crippen molar-refractivity contribution in [3.63, 3.8) is 0 Å². The van der Waals surface area contributed by atoms with Crippen molar-refractivity contribution in [2.75, 3.05) is 0 Å². The molecule has 0 saturated carbocycles. The van der Waals surface area contributed by atoms with Gasteiger partial charge in [-0.15, -0.1) is 11.8 Å². The molecule has 1 nitrogen and oxygen atoms in total. The average molecular weight is 232 g/mol. The Kier molecular flexibility index (Phi) is 3.83. The van der Waals surface area contributed by atoms with Gasteiger partial charge in [0.05, 0.1) is 0 Å². The van der Waals surface area contributed by atoms with E-state index in [4.69, 9.17) is 0 Å². The lowest BCUT2D eigenvalue weighted by atomic mass is 10.0. The van der Waals surface area contributed by atoms with Crippen molar-refractivity contribution in [1.82, 2.24) is 0 Å². The first kappa shape index (κ1) is 11.5. The van der Waals surface area contributed by atoms with Crippen molar-refractivity contribution in [2.24, 2.45) is 0 Å². The fourth-order valence-corrected chi connectivity index (χ4v) is 3.20. The lowest BCUT2D eigenvalue weighted by molar-refractivity contribution is -0.104. The SMILES string of the molecule is CCCC[C@H]1Sc2ccccc2C=C1C=O. The van der Waals surface area contributed by atoms with Crippen LogP contribution in [0.4, 0.5) is 0 Å². The van der Waals surface area contributed by atoms with E-state index in [1.807, 2.05) is 23.9 Å². The summed E-state index contributed by atoms with van der Waals surface area (Å²) in [5, 5.41) is 0.354. The smallest absolute Gasteiger partial charge is 0.147 e. The Morgan fingerprint density at radius 2 is 2.19 bits per heavy atom. The van der Waals surface area contributed by atoms with Crippen LogP contribution in [0.2, 0.25) is 0 Å². The van der Waals surface area contributed by atoms with Crippen LogP contribution in [0.3, 0.4) is 0 Å². The summed E-state index contributed by atoms with van der Waals surface area (Å²) in [6.07, 6.45) is 6.53. The molecule has 84 valence electrons. The number of carbonyl (C=O) groups is 1. The van der Waals surface area contributed by atoms with E-state index in [1.54, 1.807) is 0 Å². The minimum absolute atomic E-state index is 0.354. The first-order chi connectivity index (χ1) is 7.85. The monoisotopic (exact) mass is 232 g/mol. The molecule has 1 aliphatic rings. The summed E-state index contributed by atoms with van der Waals surface area (Å²) in [5.74, 6) is 0. The Hall–Kier alpha value is -1.02. The molecule has 0 fully saturated rings. The van der Waals surface area contributed by atoms with E-state index in [1.165, 1.54) is 23.3 Å². The van der Waals surface area contributed by atoms with Crippen molar-refractivity contribution in [2.45, 2.75) is 36.3 Å². The number of rotatable bonds is 4. The Morgan fingerprint density at radius 1 is 1.38 bits per heavy atom. The van der Waals surface area contributed by atoms with Crippen molar-refractivity contribution in [3.8, 4) is 0 Å². The van der Waals surface area contributed by atoms with Crippen LogP contribution < -0.4 is 0 Å². The summed E-state index contributed by atoms with van der Waals surface area (Å²) < 4.78 is 0. The molecule has 0 spiro atoms. The number of carbonyl (C=O) groups excluding carboxylic acids is 1. The zero-order chi connectivity index (χ0) is 11.4. The first-order valence-corrected chi connectivity index (χ1v) is 6.65. The highest BCUT2D eigenvalue weighted by molar-refractivity contribution is 8.00. The molecule has 0 unspecified atom stereocenters. The number of fused-ring (bicyclic) bond motifs is 1. The summed E-state index contributed by atoms with van der Waals surface area (Å²) in [6, 6.07) is 8.28. The molecule has 0 bridgehead atoms. The highest BCUT2D eigenvalue weighted by atomic mass is 32.2. The molecule has 16 heavy (non-hydrogen) atoms. The minimum Gasteiger partial charge on any atom is -0.298 e. The Morgan fingerprint density at radius 3 is 2.94 bits per heavy atom. The molecule has 0 radical (unpaired) electrons. The van der Waals surface area contributed by atoms with Gasteiger partial charge in [-0.3, -0.25) is 4.79 Å². The van der Waals surface area contributed by atoms with Gasteiger partial charge in [0.1, 0.15) is 6.29 Å². The molecule has 0 aromatic heterocycles. The lowest BCUT2D eigenvalue weighted by Gasteiger charge is -2.22. The molecular weight excluding hydrogens is 216 g/mol. The number of hydrogen-bond acceptors (Lipinski definition) is 2. The van der Waals surface area contributed by atoms with Gasteiger partial charge in [0.2, 0.25) is 0 Å². The molecular formula is C14H16OS. The Balaban J connectivity index is 2.24. The van der Waals surface area contributed by atoms with Crippen molar-refractivity contribution in [1.29, 1.82) is 0 Å². The molecule has 0 amide bonds. The fraction of sp³-hybridized carbons (Fsp3) is 0.357. The van der Waals surface area contributed by atoms with Gasteiger partial charge in [0, 0.05) is 15.7 Å². The highest BCUT2D eigenvalue weighted by Gasteiger charge is 2.20. The second-order valence-electron chi connectivity index (χ2n) is 4.05. The molecule has 0 aliphatic carbocycles. The molecule has 1 atom stereocenters. The fourth-order valence-electron chi connectivity index (χ4n) is 1.93. The normalized spacial score (nSPS) is 18.8. The van der Waals surface area contributed by atoms with E-state index in [2.05, 4.69) is 25.1 Å². The predicted octanol–water partition coefficient (Wildman–Crippen LogP) is 3.93. The van der Waals surface area contributed by atoms with Gasteiger partial charge in [0.15, 0.2) is 0 Å². The van der Waals surface area contributed by atoms with Crippen LogP contribution in [0.5, 0.6) is 0 Å². The number of aldehydes is 1. The number of unbranched alkanes of at least 4 members (excludes halogenated alkanes) is 1. The van der Waals surface area contributed by atoms with Crippen LogP contribution >= 0.6 is 11.8 Å². The number of benzene rings is 1. The van der Waals surface area contributed by atoms with E-state index < -0.39 is 0 Å². The Labute approximate surface area is 101 Å². The van der Waals surface area contributed by atoms with Gasteiger partial charge < -0.3 is 0 Å². The minimum atomic E-state index is 0.354. The summed E-state index contributed by atoms with van der Waals surface area (Å²) in [4.78, 5) is 12.4. The molecule has 1 heterocycles. The predicted molar refractivity (Wildman–Crippen MR) is 69.7 cm³/mol. The number of thioether (sulfide) groups is 1. The van der Waals surface area contributed by atoms with Crippen LogP contribution in [0.15, 0.2) is 34.7 Å². The van der Waals surface area contributed by atoms with Crippen LogP contribution in [0, 0.1) is 0 Å². The van der Waals surface area contributed by atoms with E-state index in [-0.39, 0.29) is 0 Å². The van der Waals surface area contributed by atoms with Crippen LogP contribution in [0.25, 0.3) is 6.08 Å². The lowest BCUT2D eigenvalue weighted by Crippen LogP contribution is -2.11. The molecule has 0 saturated heterocycles. The van der Waals surface area contributed by atoms with Crippen molar-refractivity contribution < 1.29 is 4.79 Å². The van der Waals surface area contributed by atoms with Gasteiger partial charge >= 0.3 is 0 Å². The zero-order valence-electron chi connectivity index (χ0n) is 9.48. The van der Waals surface area contributed by atoms with Crippen molar-refractivity contribution in [3.05, 3.63) is 35.4 Å². The molecule has 0 N–H and O–H groups in total. The van der Waals surface area contributed by atoms with Gasteiger partial charge in [-0.2, -0.15) is 0 Å². The molecule has 1 aliphatic heterocycles. The third-order valence-corrected chi connectivity index (χ3v) is 4.26. The Bertz CT molecular complexity index is 409. The standard InChI is InChI=1S/C14H16OS/c1-2-3-7-14-12(10-15)9-11-6-4-5-8-13(11)16-14/h4-6,8-10,14H,2-3,7H2,1H3/t14-/m1/s1. The highest BCUT2D eigenvalue weighted by Crippen LogP contribution is 2.38. The average Bonchev–Trinajstić information content (AvgIpc) is 2.35. The van der Waals surface area contributed by atoms with Gasteiger partial charge in [-0.25, -0.2) is 0 Å². The summed E-state index contributed by atoms with van der Waals surface area (Å²) in [6.45, 7) is 2.19. The topological polar surface area (TPSA) is 17.1 Å². The summed E-state index contributed by atoms with van der Waals surface area (Å²) >= 11 is 1.83. The van der Waals surface area contributed by atoms with E-state index >= 15 is 0 Å². The van der Waals surface area contributed by atoms with Gasteiger partial charge in [-0.1, -0.05) is 38.0 Å². The van der Waals surface area contributed by atoms with Crippen molar-refractivity contribution >= 4 is 24.1 Å². The van der Waals surface area contributed by atoms with E-state index in [0.717, 1.165) is 18.3 Å². The van der Waals surface area contributed by atoms with Gasteiger partial charge in [0.25, 0.3) is 0 Å². The third kappa shape index (κ3) is 2.38. The number of hydrogen-bond donors (Lipinski definition) is 0. The van der Waals surface area contributed by atoms with Crippen LogP contribution in [-0.4, -0.2) is 11.5 Å². The molecule has 2 rings (SSSR count). The molecule has 1 aromatic rings. The summed E-state index contributed by atoms with van der Waals surface area (Å²) in [5.41, 5.74) is 2.12. The second kappa shape index (κ2) is 5.35. The van der Waals surface area contributed by atoms with E-state index in [9.17, 15) is 4.79 Å². The maximum absolute atomic E-state index is 11.1. The third-order valence-electron chi connectivity index (χ3n) is 2.84. The first-order valence-electron chi connectivity index (χ1n) is 5.77. The van der Waals surface area contributed by atoms with Gasteiger partial charge in [-0.05, 0) is 24.1 Å². The second-order valence-corrected chi connectivity index (χ2v) is 5.29. The maximum Gasteiger partial charge on any atom is 0.147 e. The van der Waals surface area contributed by atoms with E-state index in [0.29, 0.717) is 5.25 Å². The molecule has 2 heteroatoms. The largest absolute Gasteiger partial charge is 0.298 e. The molecule has 1 aromatic carbocycles.